The third-order valence-corrected chi connectivity index (χ3v) is 4.54. The zero-order valence-electron chi connectivity index (χ0n) is 14.2. The molecule has 0 unspecified atom stereocenters. The van der Waals surface area contributed by atoms with Crippen LogP contribution in [0.5, 0.6) is 0 Å². The molecule has 1 aliphatic carbocycles. The minimum Gasteiger partial charge on any atom is -0.357 e. The normalized spacial score (nSPS) is 19.8. The van der Waals surface area contributed by atoms with Crippen molar-refractivity contribution in [2.45, 2.75) is 58.9 Å². The Kier molecular flexibility index (Phi) is 7.93. The molecule has 2 fully saturated rings. The van der Waals surface area contributed by atoms with E-state index in [1.54, 1.807) is 0 Å². The Balaban J connectivity index is 0.00000242. The molecule has 22 heavy (non-hydrogen) atoms. The van der Waals surface area contributed by atoms with Gasteiger partial charge in [0, 0.05) is 32.1 Å². The van der Waals surface area contributed by atoms with Gasteiger partial charge in [-0.3, -0.25) is 9.79 Å². The molecular formula is C16H31IN4O. The lowest BCUT2D eigenvalue weighted by atomic mass is 9.68. The molecular weight excluding hydrogens is 391 g/mol. The van der Waals surface area contributed by atoms with Crippen molar-refractivity contribution in [3.63, 3.8) is 0 Å². The maximum atomic E-state index is 11.7. The Morgan fingerprint density at radius 3 is 2.55 bits per heavy atom. The highest BCUT2D eigenvalue weighted by molar-refractivity contribution is 14.0. The lowest BCUT2D eigenvalue weighted by molar-refractivity contribution is -0.121. The van der Waals surface area contributed by atoms with Gasteiger partial charge >= 0.3 is 0 Å². The predicted molar refractivity (Wildman–Crippen MR) is 102 cm³/mol. The second kappa shape index (κ2) is 8.93. The number of amides is 1. The average Bonchev–Trinajstić information content (AvgIpc) is 2.82. The fourth-order valence-corrected chi connectivity index (χ4v) is 3.28. The molecule has 1 saturated carbocycles. The van der Waals surface area contributed by atoms with E-state index in [-0.39, 0.29) is 35.9 Å². The number of rotatable bonds is 5. The molecule has 2 rings (SSSR count). The van der Waals surface area contributed by atoms with Crippen molar-refractivity contribution in [1.82, 2.24) is 15.5 Å². The van der Waals surface area contributed by atoms with Crippen LogP contribution in [-0.4, -0.2) is 49.0 Å². The molecule has 0 aromatic heterocycles. The molecule has 0 bridgehead atoms. The summed E-state index contributed by atoms with van der Waals surface area (Å²) in [6.45, 7) is 9.73. The summed E-state index contributed by atoms with van der Waals surface area (Å²) in [6, 6.07) is 0.201. The Morgan fingerprint density at radius 1 is 1.32 bits per heavy atom. The van der Waals surface area contributed by atoms with Crippen molar-refractivity contribution in [1.29, 1.82) is 0 Å². The van der Waals surface area contributed by atoms with Crippen LogP contribution in [0.2, 0.25) is 0 Å². The minimum atomic E-state index is 0. The smallest absolute Gasteiger partial charge is 0.222 e. The van der Waals surface area contributed by atoms with Crippen molar-refractivity contribution >= 4 is 35.8 Å². The number of nitrogens with one attached hydrogen (secondary N) is 2. The fourth-order valence-electron chi connectivity index (χ4n) is 3.28. The van der Waals surface area contributed by atoms with E-state index in [9.17, 15) is 4.79 Å². The average molecular weight is 422 g/mol. The van der Waals surface area contributed by atoms with Crippen LogP contribution in [0.4, 0.5) is 0 Å². The van der Waals surface area contributed by atoms with E-state index in [0.29, 0.717) is 18.4 Å². The topological polar surface area (TPSA) is 56.7 Å². The Labute approximate surface area is 151 Å². The van der Waals surface area contributed by atoms with E-state index in [2.05, 4.69) is 27.4 Å². The molecule has 6 heteroatoms. The monoisotopic (exact) mass is 422 g/mol. The van der Waals surface area contributed by atoms with Crippen molar-refractivity contribution in [2.75, 3.05) is 26.2 Å². The van der Waals surface area contributed by atoms with Crippen LogP contribution >= 0.6 is 24.0 Å². The number of carbonyl (C=O) groups excluding carboxylic acids is 1. The first-order valence-electron chi connectivity index (χ1n) is 8.37. The number of nitrogens with zero attached hydrogens (tertiary/aromatic N) is 2. The third kappa shape index (κ3) is 5.28. The Morgan fingerprint density at radius 2 is 2.05 bits per heavy atom. The third-order valence-electron chi connectivity index (χ3n) is 4.54. The van der Waals surface area contributed by atoms with Crippen molar-refractivity contribution in [3.8, 4) is 0 Å². The summed E-state index contributed by atoms with van der Waals surface area (Å²) in [6.07, 6.45) is 5.90. The van der Waals surface area contributed by atoms with Crippen LogP contribution in [0.15, 0.2) is 4.99 Å². The lowest BCUT2D eigenvalue weighted by Crippen LogP contribution is -2.42. The quantitative estimate of drug-likeness (QED) is 0.407. The van der Waals surface area contributed by atoms with Gasteiger partial charge in [-0.15, -0.1) is 24.0 Å². The summed E-state index contributed by atoms with van der Waals surface area (Å²) in [5.74, 6) is 1.07. The summed E-state index contributed by atoms with van der Waals surface area (Å²) in [5, 5.41) is 6.28. The predicted octanol–water partition coefficient (Wildman–Crippen LogP) is 2.36. The van der Waals surface area contributed by atoms with Crippen LogP contribution in [0, 0.1) is 5.41 Å². The SMILES string of the molecule is CCNC(=NCCC(=O)NC(C)C)N1CCC2(CCC2)C1.I. The number of likely N-dealkylation sites (tertiary alicyclic amines) is 1. The highest BCUT2D eigenvalue weighted by Crippen LogP contribution is 2.47. The van der Waals surface area contributed by atoms with Crippen LogP contribution in [0.1, 0.15) is 52.9 Å². The van der Waals surface area contributed by atoms with Crippen LogP contribution in [0.25, 0.3) is 0 Å². The van der Waals surface area contributed by atoms with E-state index in [1.165, 1.54) is 25.7 Å². The summed E-state index contributed by atoms with van der Waals surface area (Å²) in [4.78, 5) is 18.7. The molecule has 1 spiro atoms. The van der Waals surface area contributed by atoms with Crippen LogP contribution < -0.4 is 10.6 Å². The van der Waals surface area contributed by atoms with E-state index >= 15 is 0 Å². The first-order valence-corrected chi connectivity index (χ1v) is 8.37. The van der Waals surface area contributed by atoms with Gasteiger partial charge in [0.1, 0.15) is 0 Å². The van der Waals surface area contributed by atoms with Crippen molar-refractivity contribution < 1.29 is 4.79 Å². The molecule has 1 aliphatic heterocycles. The standard InChI is InChI=1S/C16H30N4O.HI/c1-4-17-15(18-10-6-14(21)19-13(2)3)20-11-9-16(12-20)7-5-8-16;/h13H,4-12H2,1-3H3,(H,17,18)(H,19,21);1H. The second-order valence-electron chi connectivity index (χ2n) is 6.73. The zero-order valence-corrected chi connectivity index (χ0v) is 16.5. The molecule has 1 heterocycles. The van der Waals surface area contributed by atoms with Crippen LogP contribution in [0.3, 0.4) is 0 Å². The molecule has 2 aliphatic rings. The van der Waals surface area contributed by atoms with Gasteiger partial charge in [0.05, 0.1) is 6.54 Å². The van der Waals surface area contributed by atoms with Gasteiger partial charge in [-0.25, -0.2) is 0 Å². The molecule has 1 saturated heterocycles. The lowest BCUT2D eigenvalue weighted by Gasteiger charge is -2.38. The second-order valence-corrected chi connectivity index (χ2v) is 6.73. The molecule has 1 amide bonds. The van der Waals surface area contributed by atoms with E-state index in [1.807, 2.05) is 13.8 Å². The number of aliphatic imine (C=N–C) groups is 1. The number of halogens is 1. The highest BCUT2D eigenvalue weighted by atomic mass is 127. The van der Waals surface area contributed by atoms with Gasteiger partial charge in [0.25, 0.3) is 0 Å². The number of hydrogen-bond acceptors (Lipinski definition) is 2. The van der Waals surface area contributed by atoms with E-state index in [0.717, 1.165) is 25.6 Å². The first-order chi connectivity index (χ1) is 10.0. The molecule has 0 aromatic rings. The molecule has 0 atom stereocenters. The number of hydrogen-bond donors (Lipinski definition) is 2. The minimum absolute atomic E-state index is 0. The van der Waals surface area contributed by atoms with Gasteiger partial charge in [0.15, 0.2) is 5.96 Å². The summed E-state index contributed by atoms with van der Waals surface area (Å²) < 4.78 is 0. The van der Waals surface area contributed by atoms with Gasteiger partial charge < -0.3 is 15.5 Å². The first kappa shape index (κ1) is 19.5. The van der Waals surface area contributed by atoms with Crippen molar-refractivity contribution in [2.24, 2.45) is 10.4 Å². The molecule has 0 aromatic carbocycles. The fraction of sp³-hybridized carbons (Fsp3) is 0.875. The molecule has 5 nitrogen and oxygen atoms in total. The summed E-state index contributed by atoms with van der Waals surface area (Å²) in [5.41, 5.74) is 0.575. The molecule has 0 radical (unpaired) electrons. The summed E-state index contributed by atoms with van der Waals surface area (Å²) >= 11 is 0. The number of carbonyl (C=O) groups is 1. The molecule has 2 N–H and O–H groups in total. The van der Waals surface area contributed by atoms with Crippen molar-refractivity contribution in [3.05, 3.63) is 0 Å². The van der Waals surface area contributed by atoms with Crippen LogP contribution in [-0.2, 0) is 4.79 Å². The zero-order chi connectivity index (χ0) is 15.3. The van der Waals surface area contributed by atoms with E-state index < -0.39 is 0 Å². The van der Waals surface area contributed by atoms with Gasteiger partial charge in [-0.05, 0) is 45.4 Å². The molecule has 128 valence electrons. The van der Waals surface area contributed by atoms with Gasteiger partial charge in [-0.2, -0.15) is 0 Å². The maximum Gasteiger partial charge on any atom is 0.222 e. The Hall–Kier alpha value is -0.530. The number of guanidine groups is 1. The van der Waals surface area contributed by atoms with Gasteiger partial charge in [0.2, 0.25) is 5.91 Å². The van der Waals surface area contributed by atoms with E-state index in [4.69, 9.17) is 0 Å². The van der Waals surface area contributed by atoms with Gasteiger partial charge in [-0.1, -0.05) is 6.42 Å². The highest BCUT2D eigenvalue weighted by Gasteiger charge is 2.43. The largest absolute Gasteiger partial charge is 0.357 e. The maximum absolute atomic E-state index is 11.7. The summed E-state index contributed by atoms with van der Waals surface area (Å²) in [7, 11) is 0. The Bertz CT molecular complexity index is 394.